The summed E-state index contributed by atoms with van der Waals surface area (Å²) in [5.41, 5.74) is 2.43. The number of hydrogen-bond acceptors (Lipinski definition) is 8. The molecule has 4 heterocycles. The average molecular weight is 718 g/mol. The number of benzene rings is 2. The van der Waals surface area contributed by atoms with Crippen LogP contribution in [0.25, 0.3) is 16.6 Å². The maximum atomic E-state index is 14.0. The number of aromatic nitrogens is 3. The van der Waals surface area contributed by atoms with Gasteiger partial charge in [-0.25, -0.2) is 23.2 Å². The van der Waals surface area contributed by atoms with Gasteiger partial charge in [-0.2, -0.15) is 4.31 Å². The number of pyridine rings is 1. The number of nitrogens with zero attached hydrogens (tertiary/aromatic N) is 5. The van der Waals surface area contributed by atoms with Crippen LogP contribution in [-0.2, 0) is 21.4 Å². The highest BCUT2D eigenvalue weighted by Crippen LogP contribution is 2.37. The topological polar surface area (TPSA) is 167 Å². The summed E-state index contributed by atoms with van der Waals surface area (Å²) in [5.74, 6) is -0.0585. The van der Waals surface area contributed by atoms with E-state index in [9.17, 15) is 28.2 Å². The molecule has 6 rings (SSSR count). The first kappa shape index (κ1) is 33.9. The molecule has 2 unspecified atom stereocenters. The second kappa shape index (κ2) is 13.9. The molecule has 48 heavy (non-hydrogen) atoms. The molecule has 2 aliphatic heterocycles. The number of para-hydroxylation sites is 1. The summed E-state index contributed by atoms with van der Waals surface area (Å²) < 4.78 is 37.0. The number of aryl methyl sites for hydroxylation is 1. The minimum absolute atomic E-state index is 0.0486. The van der Waals surface area contributed by atoms with Gasteiger partial charge >= 0.3 is 6.09 Å². The van der Waals surface area contributed by atoms with E-state index in [1.807, 2.05) is 35.9 Å². The van der Waals surface area contributed by atoms with Crippen molar-refractivity contribution in [3.63, 3.8) is 0 Å². The molecule has 13 nitrogen and oxygen atoms in total. The third-order valence-corrected chi connectivity index (χ3v) is 11.6. The molecule has 2 saturated heterocycles. The van der Waals surface area contributed by atoms with Gasteiger partial charge < -0.3 is 29.7 Å². The molecular formula is C32H34Cl2N6O7S. The highest BCUT2D eigenvalue weighted by atomic mass is 35.5. The first-order chi connectivity index (χ1) is 22.9. The highest BCUT2D eigenvalue weighted by molar-refractivity contribution is 7.89. The maximum absolute atomic E-state index is 14.0. The molecular weight excluding hydrogens is 683 g/mol. The average Bonchev–Trinajstić information content (AvgIpc) is 3.74. The number of amides is 2. The molecule has 2 aliphatic rings. The van der Waals surface area contributed by atoms with Crippen molar-refractivity contribution in [2.45, 2.75) is 49.8 Å². The second-order valence-corrected chi connectivity index (χ2v) is 14.6. The molecule has 3 N–H and O–H groups in total. The van der Waals surface area contributed by atoms with Gasteiger partial charge in [-0.15, -0.1) is 0 Å². The molecule has 0 spiro atoms. The maximum Gasteiger partial charge on any atom is 0.407 e. The summed E-state index contributed by atoms with van der Waals surface area (Å²) in [6.07, 6.45) is 4.23. The van der Waals surface area contributed by atoms with Crippen LogP contribution in [0.2, 0.25) is 10.0 Å². The predicted octanol–water partition coefficient (Wildman–Crippen LogP) is 4.24. The van der Waals surface area contributed by atoms with Crippen molar-refractivity contribution in [3.8, 4) is 11.4 Å². The van der Waals surface area contributed by atoms with Crippen molar-refractivity contribution >= 4 is 56.1 Å². The first-order valence-corrected chi connectivity index (χ1v) is 17.6. The van der Waals surface area contributed by atoms with Crippen molar-refractivity contribution in [2.75, 3.05) is 26.2 Å². The number of fused-ring (bicyclic) bond motifs is 1. The summed E-state index contributed by atoms with van der Waals surface area (Å²) in [5, 5.41) is 23.3. The molecule has 2 amide bonds. The standard InChI is InChI=1S/C32H34Cl2N6O7S/c1-19-13-25(39-12-9-35-18-39)22-3-2-4-27(30(22)37-19)47-17-23-24(33)5-6-28(29(23)34)48(45,46)40-16-21(41)14-26(40)31(42)36-15-20-7-10-38(11-8-20)32(43)44/h2-6,9,12-13,18,20-21,26,41H,7-8,10-11,14-17H2,1H3,(H,36,42)(H,43,44). The number of imidazole rings is 1. The van der Waals surface area contributed by atoms with E-state index in [4.69, 9.17) is 27.9 Å². The molecule has 4 aromatic rings. The predicted molar refractivity (Wildman–Crippen MR) is 178 cm³/mol. The van der Waals surface area contributed by atoms with Gasteiger partial charge in [0.1, 0.15) is 28.8 Å². The lowest BCUT2D eigenvalue weighted by molar-refractivity contribution is -0.124. The van der Waals surface area contributed by atoms with Gasteiger partial charge in [0.15, 0.2) is 0 Å². The highest BCUT2D eigenvalue weighted by Gasteiger charge is 2.44. The van der Waals surface area contributed by atoms with Gasteiger partial charge in [-0.1, -0.05) is 35.3 Å². The molecule has 2 aromatic carbocycles. The summed E-state index contributed by atoms with van der Waals surface area (Å²) in [7, 11) is -4.38. The number of piperidine rings is 1. The Morgan fingerprint density at radius 1 is 1.15 bits per heavy atom. The van der Waals surface area contributed by atoms with Gasteiger partial charge in [-0.3, -0.25) is 4.79 Å². The monoisotopic (exact) mass is 716 g/mol. The smallest absolute Gasteiger partial charge is 0.407 e. The molecule has 0 saturated carbocycles. The van der Waals surface area contributed by atoms with Crippen LogP contribution in [0.1, 0.15) is 30.5 Å². The molecule has 2 aromatic heterocycles. The van der Waals surface area contributed by atoms with Crippen molar-refractivity contribution in [1.82, 2.24) is 29.1 Å². The Kier molecular flexibility index (Phi) is 9.81. The fourth-order valence-corrected chi connectivity index (χ4v) is 8.72. The minimum Gasteiger partial charge on any atom is -0.487 e. The SMILES string of the molecule is Cc1cc(-n2ccnc2)c2cccc(OCc3c(Cl)ccc(S(=O)(=O)N4CC(O)CC4C(=O)NCC4CCN(C(=O)O)CC4)c3Cl)c2n1. The van der Waals surface area contributed by atoms with E-state index in [0.717, 1.165) is 21.1 Å². The zero-order valence-electron chi connectivity index (χ0n) is 25.9. The van der Waals surface area contributed by atoms with Crippen molar-refractivity contribution in [3.05, 3.63) is 76.4 Å². The number of β-amino-alcohol motifs (C(OH)–C–C–N with tert-alkyl or cyclic N) is 1. The Labute approximate surface area is 287 Å². The van der Waals surface area contributed by atoms with Crippen molar-refractivity contribution in [2.24, 2.45) is 5.92 Å². The van der Waals surface area contributed by atoms with Crippen LogP contribution in [0.4, 0.5) is 4.79 Å². The van der Waals surface area contributed by atoms with E-state index in [-0.39, 0.29) is 52.5 Å². The van der Waals surface area contributed by atoms with E-state index >= 15 is 0 Å². The normalized spacial score (nSPS) is 19.1. The molecule has 0 aliphatic carbocycles. The second-order valence-electron chi connectivity index (χ2n) is 12.0. The fraction of sp³-hybridized carbons (Fsp3) is 0.375. The number of likely N-dealkylation sites (tertiary alicyclic amines) is 1. The molecule has 0 bridgehead atoms. The van der Waals surface area contributed by atoms with Crippen molar-refractivity contribution < 1.29 is 33.0 Å². The van der Waals surface area contributed by atoms with Crippen LogP contribution in [-0.4, -0.2) is 92.7 Å². The van der Waals surface area contributed by atoms with E-state index in [1.165, 1.54) is 17.0 Å². The fourth-order valence-electron chi connectivity index (χ4n) is 6.22. The Morgan fingerprint density at radius 3 is 2.62 bits per heavy atom. The quantitative estimate of drug-likeness (QED) is 0.230. The van der Waals surface area contributed by atoms with Crippen molar-refractivity contribution in [1.29, 1.82) is 0 Å². The third-order valence-electron chi connectivity index (χ3n) is 8.79. The van der Waals surface area contributed by atoms with Gasteiger partial charge in [0.25, 0.3) is 0 Å². The van der Waals surface area contributed by atoms with E-state index in [2.05, 4.69) is 15.3 Å². The number of aliphatic hydroxyl groups is 1. The Hall–Kier alpha value is -3.95. The Morgan fingerprint density at radius 2 is 1.92 bits per heavy atom. The first-order valence-electron chi connectivity index (χ1n) is 15.4. The largest absolute Gasteiger partial charge is 0.487 e. The summed E-state index contributed by atoms with van der Waals surface area (Å²) in [4.78, 5) is 34.3. The van der Waals surface area contributed by atoms with Gasteiger partial charge in [-0.05, 0) is 49.9 Å². The Bertz CT molecular complexity index is 1950. The molecule has 254 valence electrons. The number of aliphatic hydroxyl groups excluding tert-OH is 1. The van der Waals surface area contributed by atoms with E-state index in [1.54, 1.807) is 18.6 Å². The number of carboxylic acid groups (broad SMARTS) is 1. The number of sulfonamides is 1. The summed E-state index contributed by atoms with van der Waals surface area (Å²) in [6, 6.07) is 8.94. The summed E-state index contributed by atoms with van der Waals surface area (Å²) >= 11 is 13.3. The molecule has 0 radical (unpaired) electrons. The van der Waals surface area contributed by atoms with Crippen LogP contribution >= 0.6 is 23.2 Å². The molecule has 2 fully saturated rings. The van der Waals surface area contributed by atoms with E-state index < -0.39 is 34.2 Å². The van der Waals surface area contributed by atoms with Crippen LogP contribution in [0.15, 0.2) is 60.0 Å². The number of halogens is 2. The minimum atomic E-state index is -4.38. The number of carbonyl (C=O) groups excluding carboxylic acids is 1. The van der Waals surface area contributed by atoms with Crippen LogP contribution in [0.3, 0.4) is 0 Å². The number of rotatable bonds is 9. The van der Waals surface area contributed by atoms with Crippen LogP contribution < -0.4 is 10.1 Å². The Balaban J connectivity index is 1.21. The lowest BCUT2D eigenvalue weighted by Crippen LogP contribution is -2.48. The number of carbonyl (C=O) groups is 2. The van der Waals surface area contributed by atoms with Crippen LogP contribution in [0, 0.1) is 12.8 Å². The van der Waals surface area contributed by atoms with Gasteiger partial charge in [0.2, 0.25) is 15.9 Å². The zero-order chi connectivity index (χ0) is 34.2. The molecule has 2 atom stereocenters. The van der Waals surface area contributed by atoms with E-state index in [0.29, 0.717) is 37.2 Å². The number of nitrogens with one attached hydrogen (secondary N) is 1. The molecule has 16 heteroatoms. The lowest BCUT2D eigenvalue weighted by atomic mass is 9.97. The van der Waals surface area contributed by atoms with Gasteiger partial charge in [0, 0.05) is 66.7 Å². The van der Waals surface area contributed by atoms with Crippen LogP contribution in [0.5, 0.6) is 5.75 Å². The number of hydrogen-bond donors (Lipinski definition) is 3. The number of ether oxygens (including phenoxy) is 1. The zero-order valence-corrected chi connectivity index (χ0v) is 28.2. The lowest BCUT2D eigenvalue weighted by Gasteiger charge is -2.30. The summed E-state index contributed by atoms with van der Waals surface area (Å²) in [6.45, 7) is 2.40. The van der Waals surface area contributed by atoms with Gasteiger partial charge in [0.05, 0.1) is 23.1 Å². The third kappa shape index (κ3) is 6.80.